The Morgan fingerprint density at radius 2 is 1.59 bits per heavy atom. The normalized spacial score (nSPS) is 15.2. The molecule has 2 N–H and O–H groups in total. The monoisotopic (exact) mass is 420 g/mol. The molecule has 0 unspecified atom stereocenters. The summed E-state index contributed by atoms with van der Waals surface area (Å²) in [5.74, 6) is 1.34. The summed E-state index contributed by atoms with van der Waals surface area (Å²) >= 11 is 0. The average molecular weight is 420 g/mol. The quantitative estimate of drug-likeness (QED) is 0.501. The van der Waals surface area contributed by atoms with Crippen LogP contribution in [0.2, 0.25) is 0 Å². The molecule has 1 fully saturated rings. The molecule has 29 heavy (non-hydrogen) atoms. The third kappa shape index (κ3) is 5.83. The molecule has 156 valence electrons. The largest absolute Gasteiger partial charge is 0.497 e. The van der Waals surface area contributed by atoms with Gasteiger partial charge in [-0.1, -0.05) is 0 Å². The Labute approximate surface area is 170 Å². The molecule has 1 saturated heterocycles. The number of hydrogen-bond acceptors (Lipinski definition) is 7. The van der Waals surface area contributed by atoms with Crippen LogP contribution in [0.5, 0.6) is 11.5 Å². The first-order valence-electron chi connectivity index (χ1n) is 8.98. The van der Waals surface area contributed by atoms with Gasteiger partial charge >= 0.3 is 10.2 Å². The van der Waals surface area contributed by atoms with Gasteiger partial charge in [-0.25, -0.2) is 0 Å². The van der Waals surface area contributed by atoms with Crippen molar-refractivity contribution in [3.63, 3.8) is 0 Å². The number of ether oxygens (including phenoxy) is 3. The van der Waals surface area contributed by atoms with Crippen LogP contribution in [0.4, 0.5) is 11.4 Å². The lowest BCUT2D eigenvalue weighted by Crippen LogP contribution is -2.43. The summed E-state index contributed by atoms with van der Waals surface area (Å²) < 4.78 is 44.3. The van der Waals surface area contributed by atoms with Gasteiger partial charge in [0.1, 0.15) is 11.5 Å². The molecule has 0 amide bonds. The summed E-state index contributed by atoms with van der Waals surface area (Å²) in [6.07, 6.45) is 1.64. The zero-order valence-electron chi connectivity index (χ0n) is 16.3. The van der Waals surface area contributed by atoms with E-state index >= 15 is 0 Å². The van der Waals surface area contributed by atoms with Crippen molar-refractivity contribution in [1.82, 2.24) is 4.31 Å². The lowest BCUT2D eigenvalue weighted by Gasteiger charge is -2.26. The van der Waals surface area contributed by atoms with Gasteiger partial charge < -0.3 is 14.2 Å². The van der Waals surface area contributed by atoms with Crippen LogP contribution >= 0.6 is 0 Å². The summed E-state index contributed by atoms with van der Waals surface area (Å²) in [6, 6.07) is 12.3. The Morgan fingerprint density at radius 3 is 2.17 bits per heavy atom. The molecular formula is C19H24N4O5S. The summed E-state index contributed by atoms with van der Waals surface area (Å²) in [5.41, 5.74) is 4.90. The van der Waals surface area contributed by atoms with E-state index in [1.807, 2.05) is 12.1 Å². The Bertz CT molecular complexity index is 919. The van der Waals surface area contributed by atoms with Crippen molar-refractivity contribution < 1.29 is 22.6 Å². The number of morpholine rings is 1. The predicted octanol–water partition coefficient (Wildman–Crippen LogP) is 2.14. The van der Waals surface area contributed by atoms with E-state index in [1.54, 1.807) is 50.8 Å². The lowest BCUT2D eigenvalue weighted by atomic mass is 10.2. The molecule has 10 heteroatoms. The Balaban J connectivity index is 1.60. The number of nitrogens with one attached hydrogen (secondary N) is 2. The Hall–Kier alpha value is -2.82. The predicted molar refractivity (Wildman–Crippen MR) is 112 cm³/mol. The third-order valence-corrected chi connectivity index (χ3v) is 5.76. The molecule has 1 heterocycles. The highest BCUT2D eigenvalue weighted by Gasteiger charge is 2.23. The third-order valence-electron chi connectivity index (χ3n) is 4.22. The molecule has 0 aromatic heterocycles. The van der Waals surface area contributed by atoms with E-state index in [0.717, 1.165) is 5.56 Å². The zero-order chi connectivity index (χ0) is 20.7. The number of nitrogens with zero attached hydrogens (tertiary/aromatic N) is 2. The average Bonchev–Trinajstić information content (AvgIpc) is 2.75. The minimum absolute atomic E-state index is 0.346. The molecule has 2 aromatic carbocycles. The molecule has 0 atom stereocenters. The molecule has 0 spiro atoms. The van der Waals surface area contributed by atoms with E-state index in [2.05, 4.69) is 15.2 Å². The molecule has 1 aliphatic rings. The van der Waals surface area contributed by atoms with Crippen LogP contribution in [-0.4, -0.2) is 59.5 Å². The minimum atomic E-state index is -3.59. The molecule has 2 aromatic rings. The Morgan fingerprint density at radius 1 is 1.00 bits per heavy atom. The number of hydrogen-bond donors (Lipinski definition) is 2. The summed E-state index contributed by atoms with van der Waals surface area (Å²) in [5, 5.41) is 4.19. The SMILES string of the molecule is COc1cc(/C=N/Nc2ccc(NS(=O)(=O)N3CCOCC3)cc2)cc(OC)c1. The highest BCUT2D eigenvalue weighted by molar-refractivity contribution is 7.90. The van der Waals surface area contributed by atoms with Crippen LogP contribution in [0.25, 0.3) is 0 Å². The highest BCUT2D eigenvalue weighted by Crippen LogP contribution is 2.21. The first-order valence-corrected chi connectivity index (χ1v) is 10.4. The van der Waals surface area contributed by atoms with Gasteiger partial charge in [0.05, 0.1) is 39.3 Å². The molecule has 0 radical (unpaired) electrons. The molecule has 3 rings (SSSR count). The van der Waals surface area contributed by atoms with Crippen molar-refractivity contribution in [2.24, 2.45) is 5.10 Å². The van der Waals surface area contributed by atoms with Gasteiger partial charge in [0.2, 0.25) is 0 Å². The van der Waals surface area contributed by atoms with E-state index in [9.17, 15) is 8.42 Å². The van der Waals surface area contributed by atoms with Crippen molar-refractivity contribution in [3.05, 3.63) is 48.0 Å². The molecular weight excluding hydrogens is 396 g/mol. The second kappa shape index (κ2) is 9.59. The van der Waals surface area contributed by atoms with Crippen LogP contribution in [0.15, 0.2) is 47.6 Å². The fraction of sp³-hybridized carbons (Fsp3) is 0.316. The second-order valence-electron chi connectivity index (χ2n) is 6.21. The van der Waals surface area contributed by atoms with Gasteiger partial charge in [-0.15, -0.1) is 0 Å². The van der Waals surface area contributed by atoms with Crippen molar-refractivity contribution in [1.29, 1.82) is 0 Å². The molecule has 0 aliphatic carbocycles. The van der Waals surface area contributed by atoms with E-state index in [1.165, 1.54) is 4.31 Å². The second-order valence-corrected chi connectivity index (χ2v) is 7.88. The van der Waals surface area contributed by atoms with E-state index in [-0.39, 0.29) is 0 Å². The fourth-order valence-corrected chi connectivity index (χ4v) is 3.89. The van der Waals surface area contributed by atoms with Crippen molar-refractivity contribution in [2.45, 2.75) is 0 Å². The molecule has 0 bridgehead atoms. The van der Waals surface area contributed by atoms with Gasteiger partial charge in [-0.2, -0.15) is 17.8 Å². The number of anilines is 2. The number of rotatable bonds is 8. The van der Waals surface area contributed by atoms with Gasteiger partial charge in [0.15, 0.2) is 0 Å². The van der Waals surface area contributed by atoms with Crippen molar-refractivity contribution in [3.8, 4) is 11.5 Å². The van der Waals surface area contributed by atoms with Gasteiger partial charge in [-0.3, -0.25) is 10.1 Å². The van der Waals surface area contributed by atoms with Gasteiger partial charge in [0.25, 0.3) is 0 Å². The lowest BCUT2D eigenvalue weighted by molar-refractivity contribution is 0.0733. The van der Waals surface area contributed by atoms with Crippen LogP contribution in [-0.2, 0) is 14.9 Å². The maximum atomic E-state index is 12.4. The maximum absolute atomic E-state index is 12.4. The van der Waals surface area contributed by atoms with Gasteiger partial charge in [-0.05, 0) is 36.4 Å². The molecule has 1 aliphatic heterocycles. The number of benzene rings is 2. The standard InChI is InChI=1S/C19H24N4O5S/c1-26-18-11-15(12-19(13-18)27-2)14-20-21-16-3-5-17(6-4-16)22-29(24,25)23-7-9-28-10-8-23/h3-6,11-14,21-22H,7-10H2,1-2H3/b20-14+. The van der Waals surface area contributed by atoms with Crippen LogP contribution in [0.3, 0.4) is 0 Å². The van der Waals surface area contributed by atoms with Crippen molar-refractivity contribution in [2.75, 3.05) is 50.7 Å². The first kappa shape index (κ1) is 20.9. The smallest absolute Gasteiger partial charge is 0.301 e. The van der Waals surface area contributed by atoms with E-state index < -0.39 is 10.2 Å². The van der Waals surface area contributed by atoms with Crippen LogP contribution in [0.1, 0.15) is 5.56 Å². The van der Waals surface area contributed by atoms with Crippen molar-refractivity contribution >= 4 is 27.8 Å². The van der Waals surface area contributed by atoms with Crippen LogP contribution < -0.4 is 19.6 Å². The van der Waals surface area contributed by atoms with E-state index in [4.69, 9.17) is 14.2 Å². The van der Waals surface area contributed by atoms with E-state index in [0.29, 0.717) is 49.2 Å². The first-order chi connectivity index (χ1) is 14.0. The highest BCUT2D eigenvalue weighted by atomic mass is 32.2. The molecule has 0 saturated carbocycles. The number of methoxy groups -OCH3 is 2. The Kier molecular flexibility index (Phi) is 6.91. The zero-order valence-corrected chi connectivity index (χ0v) is 17.1. The molecule has 9 nitrogen and oxygen atoms in total. The number of hydrazone groups is 1. The maximum Gasteiger partial charge on any atom is 0.301 e. The summed E-state index contributed by atoms with van der Waals surface area (Å²) in [7, 11) is -0.414. The summed E-state index contributed by atoms with van der Waals surface area (Å²) in [4.78, 5) is 0. The topological polar surface area (TPSA) is 101 Å². The van der Waals surface area contributed by atoms with Gasteiger partial charge in [0, 0.05) is 30.4 Å². The minimum Gasteiger partial charge on any atom is -0.497 e. The fourth-order valence-electron chi connectivity index (χ4n) is 2.70. The van der Waals surface area contributed by atoms with Crippen LogP contribution in [0, 0.1) is 0 Å². The summed E-state index contributed by atoms with van der Waals surface area (Å²) in [6.45, 7) is 1.50.